The number of piperidine rings is 1. The number of carboxylic acids is 1. The number of amides is 1. The molecule has 0 radical (unpaired) electrons. The van der Waals surface area contributed by atoms with Crippen molar-refractivity contribution in [2.45, 2.75) is 72.3 Å². The summed E-state index contributed by atoms with van der Waals surface area (Å²) in [6, 6.07) is 1.87. The van der Waals surface area contributed by atoms with Crippen LogP contribution in [0.2, 0.25) is 0 Å². The highest BCUT2D eigenvalue weighted by Crippen LogP contribution is 2.37. The third-order valence-electron chi connectivity index (χ3n) is 6.00. The summed E-state index contributed by atoms with van der Waals surface area (Å²) in [6.45, 7) is 10.0. The molecule has 2 aliphatic rings. The van der Waals surface area contributed by atoms with Crippen LogP contribution in [0, 0.1) is 29.1 Å². The molecule has 0 spiro atoms. The Bertz CT molecular complexity index is 829. The minimum Gasteiger partial charge on any atom is -0.477 e. The number of rotatable bonds is 4. The molecule has 1 amide bonds. The molecule has 0 bridgehead atoms. The van der Waals surface area contributed by atoms with E-state index in [1.165, 1.54) is 11.3 Å². The number of nitrogens with one attached hydrogen (secondary N) is 1. The highest BCUT2D eigenvalue weighted by Gasteiger charge is 2.36. The smallest absolute Gasteiger partial charge is 0.348 e. The zero-order valence-corrected chi connectivity index (χ0v) is 19.4. The zero-order chi connectivity index (χ0) is 21.9. The van der Waals surface area contributed by atoms with Crippen LogP contribution in [-0.2, 0) is 4.79 Å². The van der Waals surface area contributed by atoms with E-state index in [0.717, 1.165) is 51.6 Å². The first-order valence-corrected chi connectivity index (χ1v) is 11.9. The predicted octanol–water partition coefficient (Wildman–Crippen LogP) is 4.76. The molecule has 1 aromatic rings. The monoisotopic (exact) mass is 430 g/mol. The first kappa shape index (κ1) is 22.8. The van der Waals surface area contributed by atoms with E-state index in [9.17, 15) is 14.7 Å². The van der Waals surface area contributed by atoms with Crippen molar-refractivity contribution in [3.63, 3.8) is 0 Å². The standard InChI is InChI=1S/C24H34N2O3S/c1-16-5-7-17(8-6-16)22(27)26(18-10-13-25-14-11-18)20-15-19(9-12-24(2,3)4)30-21(20)23(28)29/h15-18,25H,5-8,10-11,13-14H2,1-4H3,(H,28,29). The molecule has 0 aromatic carbocycles. The van der Waals surface area contributed by atoms with Crippen molar-refractivity contribution in [2.75, 3.05) is 18.0 Å². The largest absolute Gasteiger partial charge is 0.477 e. The molecule has 1 saturated carbocycles. The molecule has 0 atom stereocenters. The maximum Gasteiger partial charge on any atom is 0.348 e. The van der Waals surface area contributed by atoms with Crippen molar-refractivity contribution >= 4 is 28.9 Å². The summed E-state index contributed by atoms with van der Waals surface area (Å²) < 4.78 is 0. The topological polar surface area (TPSA) is 69.6 Å². The van der Waals surface area contributed by atoms with Gasteiger partial charge in [0.25, 0.3) is 0 Å². The lowest BCUT2D eigenvalue weighted by atomic mass is 9.82. The normalized spacial score (nSPS) is 22.8. The van der Waals surface area contributed by atoms with Gasteiger partial charge in [-0.2, -0.15) is 0 Å². The zero-order valence-electron chi connectivity index (χ0n) is 18.6. The van der Waals surface area contributed by atoms with E-state index in [2.05, 4.69) is 24.1 Å². The van der Waals surface area contributed by atoms with E-state index in [1.54, 1.807) is 0 Å². The number of thiophene rings is 1. The van der Waals surface area contributed by atoms with Gasteiger partial charge in [0.05, 0.1) is 10.6 Å². The van der Waals surface area contributed by atoms with Crippen LogP contribution in [0.5, 0.6) is 0 Å². The van der Waals surface area contributed by atoms with Gasteiger partial charge >= 0.3 is 5.97 Å². The number of hydrogen-bond acceptors (Lipinski definition) is 4. The molecule has 2 N–H and O–H groups in total. The Morgan fingerprint density at radius 1 is 1.13 bits per heavy atom. The van der Waals surface area contributed by atoms with E-state index in [0.29, 0.717) is 16.5 Å². The molecule has 2 heterocycles. The van der Waals surface area contributed by atoms with Crippen molar-refractivity contribution in [1.82, 2.24) is 5.32 Å². The summed E-state index contributed by atoms with van der Waals surface area (Å²) in [5, 5.41) is 13.2. The van der Waals surface area contributed by atoms with E-state index in [4.69, 9.17) is 0 Å². The molecule has 3 rings (SSSR count). The molecule has 1 aliphatic carbocycles. The number of aromatic carboxylic acids is 1. The number of anilines is 1. The maximum absolute atomic E-state index is 13.7. The van der Waals surface area contributed by atoms with Gasteiger partial charge in [0, 0.05) is 17.4 Å². The van der Waals surface area contributed by atoms with Crippen LogP contribution in [0.4, 0.5) is 5.69 Å². The van der Waals surface area contributed by atoms with E-state index >= 15 is 0 Å². The number of nitrogens with zero attached hydrogens (tertiary/aromatic N) is 1. The van der Waals surface area contributed by atoms with Crippen LogP contribution in [0.25, 0.3) is 0 Å². The highest BCUT2D eigenvalue weighted by molar-refractivity contribution is 7.15. The van der Waals surface area contributed by atoms with E-state index in [-0.39, 0.29) is 28.2 Å². The average Bonchev–Trinajstić information content (AvgIpc) is 3.12. The molecule has 1 aliphatic heterocycles. The lowest BCUT2D eigenvalue weighted by molar-refractivity contribution is -0.124. The fourth-order valence-corrected chi connectivity index (χ4v) is 5.13. The van der Waals surface area contributed by atoms with Crippen LogP contribution in [0.3, 0.4) is 0 Å². The lowest BCUT2D eigenvalue weighted by Crippen LogP contribution is -2.49. The third-order valence-corrected chi connectivity index (χ3v) is 7.03. The Hall–Kier alpha value is -1.84. The predicted molar refractivity (Wildman–Crippen MR) is 122 cm³/mol. The van der Waals surface area contributed by atoms with Crippen molar-refractivity contribution in [3.8, 4) is 11.8 Å². The average molecular weight is 431 g/mol. The third kappa shape index (κ3) is 5.65. The van der Waals surface area contributed by atoms with Gasteiger partial charge in [-0.3, -0.25) is 4.79 Å². The lowest BCUT2D eigenvalue weighted by Gasteiger charge is -2.38. The van der Waals surface area contributed by atoms with E-state index < -0.39 is 5.97 Å². The fraction of sp³-hybridized carbons (Fsp3) is 0.667. The highest BCUT2D eigenvalue weighted by atomic mass is 32.1. The first-order chi connectivity index (χ1) is 14.2. The number of carbonyl (C=O) groups is 2. The van der Waals surface area contributed by atoms with Crippen LogP contribution in [0.15, 0.2) is 6.07 Å². The molecule has 30 heavy (non-hydrogen) atoms. The molecule has 0 unspecified atom stereocenters. The van der Waals surface area contributed by atoms with Crippen molar-refractivity contribution < 1.29 is 14.7 Å². The maximum atomic E-state index is 13.7. The Morgan fingerprint density at radius 3 is 2.33 bits per heavy atom. The van der Waals surface area contributed by atoms with Gasteiger partial charge in [0.2, 0.25) is 5.91 Å². The van der Waals surface area contributed by atoms with Gasteiger partial charge in [0.15, 0.2) is 0 Å². The van der Waals surface area contributed by atoms with Gasteiger partial charge in [-0.25, -0.2) is 4.79 Å². The molecule has 5 nitrogen and oxygen atoms in total. The summed E-state index contributed by atoms with van der Waals surface area (Å²) in [5.74, 6) is 6.09. The van der Waals surface area contributed by atoms with Crippen molar-refractivity contribution in [3.05, 3.63) is 15.8 Å². The number of carbonyl (C=O) groups excluding carboxylic acids is 1. The Balaban J connectivity index is 1.99. The number of carboxylic acid groups (broad SMARTS) is 1. The first-order valence-electron chi connectivity index (χ1n) is 11.1. The molecule has 6 heteroatoms. The second kappa shape index (κ2) is 9.53. The molecule has 2 fully saturated rings. The Labute approximate surface area is 184 Å². The second-order valence-corrected chi connectivity index (χ2v) is 10.8. The van der Waals surface area contributed by atoms with Gasteiger partial charge < -0.3 is 15.3 Å². The minimum atomic E-state index is -0.984. The summed E-state index contributed by atoms with van der Waals surface area (Å²) in [4.78, 5) is 28.5. The minimum absolute atomic E-state index is 0.0123. The van der Waals surface area contributed by atoms with E-state index in [1.807, 2.05) is 31.7 Å². The Kier molecular flexibility index (Phi) is 7.26. The molecule has 1 aromatic heterocycles. The molecule has 1 saturated heterocycles. The quantitative estimate of drug-likeness (QED) is 0.676. The van der Waals surface area contributed by atoms with Crippen LogP contribution in [0.1, 0.15) is 80.8 Å². The van der Waals surface area contributed by atoms with Crippen LogP contribution in [-0.4, -0.2) is 36.1 Å². The van der Waals surface area contributed by atoms with Gasteiger partial charge in [-0.1, -0.05) is 18.8 Å². The number of hydrogen-bond donors (Lipinski definition) is 2. The van der Waals surface area contributed by atoms with Crippen molar-refractivity contribution in [2.24, 2.45) is 17.3 Å². The van der Waals surface area contributed by atoms with Crippen molar-refractivity contribution in [1.29, 1.82) is 0 Å². The summed E-state index contributed by atoms with van der Waals surface area (Å²) >= 11 is 1.18. The van der Waals surface area contributed by atoms with Gasteiger partial charge in [0.1, 0.15) is 4.88 Å². The second-order valence-electron chi connectivity index (χ2n) is 9.78. The summed E-state index contributed by atoms with van der Waals surface area (Å²) in [6.07, 6.45) is 5.59. The molecule has 164 valence electrons. The molecular weight excluding hydrogens is 396 g/mol. The van der Waals surface area contributed by atoms with Gasteiger partial charge in [-0.05, 0) is 84.4 Å². The molecular formula is C24H34N2O3S. The Morgan fingerprint density at radius 2 is 1.77 bits per heavy atom. The fourth-order valence-electron chi connectivity index (χ4n) is 4.29. The van der Waals surface area contributed by atoms with Crippen LogP contribution < -0.4 is 10.2 Å². The van der Waals surface area contributed by atoms with Gasteiger partial charge in [-0.15, -0.1) is 11.3 Å². The van der Waals surface area contributed by atoms with Crippen LogP contribution >= 0.6 is 11.3 Å². The summed E-state index contributed by atoms with van der Waals surface area (Å²) in [5.41, 5.74) is 0.373. The summed E-state index contributed by atoms with van der Waals surface area (Å²) in [7, 11) is 0. The SMILES string of the molecule is CC1CCC(C(=O)N(c2cc(C#CC(C)(C)C)sc2C(=O)O)C2CCNCC2)CC1.